The van der Waals surface area contributed by atoms with Gasteiger partial charge in [-0.05, 0) is 57.5 Å². The van der Waals surface area contributed by atoms with Gasteiger partial charge in [0.15, 0.2) is 0 Å². The van der Waals surface area contributed by atoms with E-state index in [9.17, 15) is 10.1 Å². The summed E-state index contributed by atoms with van der Waals surface area (Å²) < 4.78 is 11.6. The summed E-state index contributed by atoms with van der Waals surface area (Å²) in [6.07, 6.45) is 6.47. The summed E-state index contributed by atoms with van der Waals surface area (Å²) in [5.74, 6) is 1.63. The van der Waals surface area contributed by atoms with Crippen molar-refractivity contribution >= 4 is 17.4 Å². The van der Waals surface area contributed by atoms with Crippen LogP contribution in [0.2, 0.25) is 0 Å². The second-order valence-electron chi connectivity index (χ2n) is 11.3. The second-order valence-corrected chi connectivity index (χ2v) is 11.3. The molecule has 1 aliphatic carbocycles. The number of ether oxygens (including phenoxy) is 2. The fourth-order valence-electron chi connectivity index (χ4n) is 6.29. The van der Waals surface area contributed by atoms with Gasteiger partial charge in [-0.3, -0.25) is 4.79 Å². The van der Waals surface area contributed by atoms with E-state index in [1.54, 1.807) is 12.0 Å². The number of methoxy groups -OCH3 is 1. The third kappa shape index (κ3) is 6.25. The van der Waals surface area contributed by atoms with Crippen molar-refractivity contribution in [2.75, 3.05) is 70.3 Å². The largest absolute Gasteiger partial charge is 0.497 e. The van der Waals surface area contributed by atoms with Gasteiger partial charge < -0.3 is 29.1 Å². The number of rotatable bonds is 9. The Morgan fingerprint density at radius 3 is 2.85 bits per heavy atom. The topological polar surface area (TPSA) is 98.1 Å². The van der Waals surface area contributed by atoms with E-state index in [4.69, 9.17) is 19.4 Å². The average Bonchev–Trinajstić information content (AvgIpc) is 2.99. The summed E-state index contributed by atoms with van der Waals surface area (Å²) in [5, 5.41) is 9.49. The molecule has 1 unspecified atom stereocenters. The molecule has 1 fully saturated rings. The molecule has 3 heterocycles. The number of carbonyl (C=O) groups excluding carboxylic acids is 1. The Labute approximate surface area is 243 Å². The van der Waals surface area contributed by atoms with Crippen molar-refractivity contribution in [1.29, 1.82) is 5.26 Å². The highest BCUT2D eigenvalue weighted by Crippen LogP contribution is 2.38. The van der Waals surface area contributed by atoms with Crippen LogP contribution < -0.4 is 19.3 Å². The van der Waals surface area contributed by atoms with Crippen LogP contribution in [-0.4, -0.2) is 98.3 Å². The van der Waals surface area contributed by atoms with Crippen LogP contribution in [-0.2, 0) is 24.1 Å². The van der Waals surface area contributed by atoms with E-state index in [1.807, 2.05) is 14.1 Å². The molecule has 1 aromatic carbocycles. The lowest BCUT2D eigenvalue weighted by molar-refractivity contribution is -0.128. The van der Waals surface area contributed by atoms with Gasteiger partial charge in [-0.25, -0.2) is 0 Å². The van der Waals surface area contributed by atoms with Crippen molar-refractivity contribution < 1.29 is 14.3 Å². The standard InChI is InChI=1S/C31H41N7O3/c1-5-29(39)38-16-15-36(21-24(38)12-13-32)30-26-11-9-23(19-27(26)33-31(34-30)41-18-17-35(2)3)37-14-6-7-22-8-10-25(40-4)20-28(22)37/h5,8,10,20,23-24H,1,6-7,9,11-12,14-19,21H2,2-4H3/t23?,24-/m0/s1. The van der Waals surface area contributed by atoms with Crippen LogP contribution in [0.1, 0.15) is 36.1 Å². The minimum absolute atomic E-state index is 0.136. The molecule has 2 aliphatic heterocycles. The predicted octanol–water partition coefficient (Wildman–Crippen LogP) is 2.85. The number of nitriles is 1. The maximum absolute atomic E-state index is 12.5. The summed E-state index contributed by atoms with van der Waals surface area (Å²) >= 11 is 0. The molecule has 5 rings (SSSR count). The normalized spacial score (nSPS) is 20.2. The monoisotopic (exact) mass is 559 g/mol. The van der Waals surface area contributed by atoms with Gasteiger partial charge in [0.1, 0.15) is 18.2 Å². The maximum atomic E-state index is 12.5. The number of fused-ring (bicyclic) bond motifs is 2. The molecule has 0 bridgehead atoms. The number of piperazine rings is 1. The molecule has 0 saturated carbocycles. The Bertz CT molecular complexity index is 1310. The SMILES string of the molecule is C=CC(=O)N1CCN(c2nc(OCCN(C)C)nc3c2CCC(N2CCCc4ccc(OC)cc42)C3)C[C@@H]1CC#N. The van der Waals surface area contributed by atoms with Crippen molar-refractivity contribution in [1.82, 2.24) is 19.8 Å². The van der Waals surface area contributed by atoms with Gasteiger partial charge in [0.25, 0.3) is 0 Å². The number of benzene rings is 1. The van der Waals surface area contributed by atoms with Crippen molar-refractivity contribution in [2.45, 2.75) is 50.6 Å². The van der Waals surface area contributed by atoms with E-state index in [-0.39, 0.29) is 18.4 Å². The number of anilines is 2. The van der Waals surface area contributed by atoms with E-state index in [1.165, 1.54) is 17.3 Å². The Hall–Kier alpha value is -3.84. The Morgan fingerprint density at radius 1 is 1.24 bits per heavy atom. The Balaban J connectivity index is 1.45. The van der Waals surface area contributed by atoms with Crippen LogP contribution in [0.15, 0.2) is 30.9 Å². The number of hydrogen-bond donors (Lipinski definition) is 0. The number of hydrogen-bond acceptors (Lipinski definition) is 9. The second kappa shape index (κ2) is 12.8. The number of nitrogens with zero attached hydrogens (tertiary/aromatic N) is 7. The minimum Gasteiger partial charge on any atom is -0.497 e. The molecule has 2 atom stereocenters. The first-order valence-electron chi connectivity index (χ1n) is 14.6. The number of amides is 1. The van der Waals surface area contributed by atoms with Crippen LogP contribution >= 0.6 is 0 Å². The van der Waals surface area contributed by atoms with E-state index in [2.05, 4.69) is 45.5 Å². The zero-order chi connectivity index (χ0) is 28.9. The number of carbonyl (C=O) groups is 1. The number of aromatic nitrogens is 2. The van der Waals surface area contributed by atoms with Gasteiger partial charge in [-0.2, -0.15) is 15.2 Å². The molecule has 1 amide bonds. The highest BCUT2D eigenvalue weighted by molar-refractivity contribution is 5.87. The third-order valence-electron chi connectivity index (χ3n) is 8.43. The molecular weight excluding hydrogens is 518 g/mol. The highest BCUT2D eigenvalue weighted by atomic mass is 16.5. The van der Waals surface area contributed by atoms with Crippen molar-refractivity contribution in [3.05, 3.63) is 47.7 Å². The molecule has 0 spiro atoms. The lowest BCUT2D eigenvalue weighted by Gasteiger charge is -2.43. The van der Waals surface area contributed by atoms with Gasteiger partial charge in [0.2, 0.25) is 5.91 Å². The van der Waals surface area contributed by atoms with E-state index < -0.39 is 0 Å². The predicted molar refractivity (Wildman–Crippen MR) is 159 cm³/mol. The third-order valence-corrected chi connectivity index (χ3v) is 8.43. The first kappa shape index (κ1) is 28.7. The molecule has 0 radical (unpaired) electrons. The van der Waals surface area contributed by atoms with Gasteiger partial charge in [-0.1, -0.05) is 12.6 Å². The Kier molecular flexibility index (Phi) is 8.93. The lowest BCUT2D eigenvalue weighted by Crippen LogP contribution is -2.55. The van der Waals surface area contributed by atoms with Crippen molar-refractivity contribution in [3.8, 4) is 17.8 Å². The molecule has 1 saturated heterocycles. The van der Waals surface area contributed by atoms with Gasteiger partial charge in [0.05, 0.1) is 31.3 Å². The molecule has 0 N–H and O–H groups in total. The maximum Gasteiger partial charge on any atom is 0.318 e. The first-order valence-corrected chi connectivity index (χ1v) is 14.6. The lowest BCUT2D eigenvalue weighted by atomic mass is 9.88. The summed E-state index contributed by atoms with van der Waals surface area (Å²) in [6.45, 7) is 7.60. The molecule has 10 nitrogen and oxygen atoms in total. The molecule has 218 valence electrons. The van der Waals surface area contributed by atoms with Crippen LogP contribution in [0.3, 0.4) is 0 Å². The Morgan fingerprint density at radius 2 is 2.10 bits per heavy atom. The summed E-state index contributed by atoms with van der Waals surface area (Å²) in [6, 6.07) is 9.17. The van der Waals surface area contributed by atoms with E-state index in [0.717, 1.165) is 68.0 Å². The fraction of sp³-hybridized carbons (Fsp3) is 0.548. The van der Waals surface area contributed by atoms with Crippen molar-refractivity contribution in [2.24, 2.45) is 0 Å². The van der Waals surface area contributed by atoms with E-state index in [0.29, 0.717) is 38.3 Å². The first-order chi connectivity index (χ1) is 19.9. The van der Waals surface area contributed by atoms with Gasteiger partial charge >= 0.3 is 6.01 Å². The molecule has 3 aliphatic rings. The highest BCUT2D eigenvalue weighted by Gasteiger charge is 2.35. The van der Waals surface area contributed by atoms with Crippen LogP contribution in [0, 0.1) is 11.3 Å². The summed E-state index contributed by atoms with van der Waals surface area (Å²) in [4.78, 5) is 31.0. The smallest absolute Gasteiger partial charge is 0.318 e. The summed E-state index contributed by atoms with van der Waals surface area (Å²) in [7, 11) is 5.74. The quantitative estimate of drug-likeness (QED) is 0.430. The van der Waals surface area contributed by atoms with Crippen LogP contribution in [0.4, 0.5) is 11.5 Å². The molecule has 1 aromatic heterocycles. The zero-order valence-corrected chi connectivity index (χ0v) is 24.5. The fourth-order valence-corrected chi connectivity index (χ4v) is 6.29. The molecule has 10 heteroatoms. The summed E-state index contributed by atoms with van der Waals surface area (Å²) in [5.41, 5.74) is 4.82. The van der Waals surface area contributed by atoms with Crippen LogP contribution in [0.25, 0.3) is 0 Å². The molecule has 41 heavy (non-hydrogen) atoms. The average molecular weight is 560 g/mol. The molecular formula is C31H41N7O3. The number of likely N-dealkylation sites (N-methyl/N-ethyl adjacent to an activating group) is 1. The number of aryl methyl sites for hydroxylation is 1. The molecule has 2 aromatic rings. The van der Waals surface area contributed by atoms with Crippen LogP contribution in [0.5, 0.6) is 11.8 Å². The van der Waals surface area contributed by atoms with E-state index >= 15 is 0 Å². The van der Waals surface area contributed by atoms with Gasteiger partial charge in [-0.15, -0.1) is 0 Å². The van der Waals surface area contributed by atoms with Gasteiger partial charge in [0, 0.05) is 62.5 Å². The zero-order valence-electron chi connectivity index (χ0n) is 24.5. The van der Waals surface area contributed by atoms with Crippen molar-refractivity contribution in [3.63, 3.8) is 0 Å². The minimum atomic E-state index is -0.223.